The van der Waals surface area contributed by atoms with Crippen molar-refractivity contribution in [3.8, 4) is 0 Å². The second-order valence-electron chi connectivity index (χ2n) is 4.85. The van der Waals surface area contributed by atoms with Gasteiger partial charge in [-0.2, -0.15) is 0 Å². The highest BCUT2D eigenvalue weighted by Gasteiger charge is 2.26. The standard InChI is InChI=1S/C14H17FN2O4/c15-10-1-3-11(4-2-10)16-13(18)8-17-5-6-21-9-12(17)7-14(19)20/h1-4,12H,5-9H2,(H,16,18)(H,19,20). The van der Waals surface area contributed by atoms with Gasteiger partial charge in [-0.15, -0.1) is 0 Å². The average molecular weight is 296 g/mol. The van der Waals surface area contributed by atoms with Crippen LogP contribution in [-0.4, -0.2) is 54.2 Å². The van der Waals surface area contributed by atoms with E-state index in [-0.39, 0.29) is 30.7 Å². The van der Waals surface area contributed by atoms with Crippen molar-refractivity contribution in [2.45, 2.75) is 12.5 Å². The highest BCUT2D eigenvalue weighted by molar-refractivity contribution is 5.92. The number of aliphatic carboxylic acids is 1. The van der Waals surface area contributed by atoms with Crippen LogP contribution in [0.1, 0.15) is 6.42 Å². The molecule has 0 saturated carbocycles. The summed E-state index contributed by atoms with van der Waals surface area (Å²) in [6.07, 6.45) is -0.0656. The minimum atomic E-state index is -0.922. The zero-order valence-corrected chi connectivity index (χ0v) is 11.4. The summed E-state index contributed by atoms with van der Waals surface area (Å²) in [6, 6.07) is 5.16. The Hall–Kier alpha value is -1.99. The van der Waals surface area contributed by atoms with Gasteiger partial charge in [0.2, 0.25) is 5.91 Å². The summed E-state index contributed by atoms with van der Waals surface area (Å²) in [5.74, 6) is -1.56. The third kappa shape index (κ3) is 4.80. The van der Waals surface area contributed by atoms with Gasteiger partial charge in [-0.25, -0.2) is 4.39 Å². The molecule has 21 heavy (non-hydrogen) atoms. The number of ether oxygens (including phenoxy) is 1. The van der Waals surface area contributed by atoms with Crippen LogP contribution in [0.25, 0.3) is 0 Å². The quantitative estimate of drug-likeness (QED) is 0.845. The molecule has 2 rings (SSSR count). The molecule has 0 aliphatic carbocycles. The molecule has 2 N–H and O–H groups in total. The van der Waals surface area contributed by atoms with Gasteiger partial charge < -0.3 is 15.2 Å². The minimum absolute atomic E-state index is 0.0656. The van der Waals surface area contributed by atoms with Gasteiger partial charge in [-0.1, -0.05) is 0 Å². The molecule has 1 saturated heterocycles. The highest BCUT2D eigenvalue weighted by atomic mass is 19.1. The summed E-state index contributed by atoms with van der Waals surface area (Å²) in [5.41, 5.74) is 0.504. The summed E-state index contributed by atoms with van der Waals surface area (Å²) in [4.78, 5) is 24.6. The van der Waals surface area contributed by atoms with E-state index in [1.165, 1.54) is 24.3 Å². The van der Waals surface area contributed by atoms with Crippen molar-refractivity contribution in [2.75, 3.05) is 31.6 Å². The molecule has 0 radical (unpaired) electrons. The number of benzene rings is 1. The predicted molar refractivity (Wildman–Crippen MR) is 73.5 cm³/mol. The predicted octanol–water partition coefficient (Wildman–Crippen LogP) is 0.940. The molecule has 6 nitrogen and oxygen atoms in total. The first-order valence-electron chi connectivity index (χ1n) is 6.63. The number of morpholine rings is 1. The van der Waals surface area contributed by atoms with Crippen molar-refractivity contribution in [1.82, 2.24) is 4.90 Å². The minimum Gasteiger partial charge on any atom is -0.481 e. The van der Waals surface area contributed by atoms with Gasteiger partial charge in [0.25, 0.3) is 0 Å². The molecule has 0 spiro atoms. The lowest BCUT2D eigenvalue weighted by molar-refractivity contribution is -0.141. The van der Waals surface area contributed by atoms with E-state index in [1.807, 2.05) is 0 Å². The molecule has 1 atom stereocenters. The number of anilines is 1. The molecular formula is C14H17FN2O4. The lowest BCUT2D eigenvalue weighted by Gasteiger charge is -2.34. The Bertz CT molecular complexity index is 506. The van der Waals surface area contributed by atoms with Crippen LogP contribution in [0.4, 0.5) is 10.1 Å². The Morgan fingerprint density at radius 3 is 2.76 bits per heavy atom. The zero-order chi connectivity index (χ0) is 15.2. The molecule has 7 heteroatoms. The fraction of sp³-hybridized carbons (Fsp3) is 0.429. The molecule has 1 unspecified atom stereocenters. The number of nitrogens with zero attached hydrogens (tertiary/aromatic N) is 1. The number of amides is 1. The van der Waals surface area contributed by atoms with Crippen LogP contribution in [0.5, 0.6) is 0 Å². The molecule has 1 amide bonds. The Morgan fingerprint density at radius 1 is 1.38 bits per heavy atom. The van der Waals surface area contributed by atoms with Crippen LogP contribution in [0.2, 0.25) is 0 Å². The van der Waals surface area contributed by atoms with Crippen LogP contribution < -0.4 is 5.32 Å². The Morgan fingerprint density at radius 2 is 2.10 bits per heavy atom. The van der Waals surface area contributed by atoms with E-state index in [1.54, 1.807) is 4.90 Å². The largest absolute Gasteiger partial charge is 0.481 e. The highest BCUT2D eigenvalue weighted by Crippen LogP contribution is 2.12. The maximum Gasteiger partial charge on any atom is 0.305 e. The number of carboxylic acids is 1. The summed E-state index contributed by atoms with van der Waals surface area (Å²) in [5, 5.41) is 11.5. The van der Waals surface area contributed by atoms with E-state index in [0.717, 1.165) is 0 Å². The summed E-state index contributed by atoms with van der Waals surface area (Å²) in [7, 11) is 0. The average Bonchev–Trinajstić information content (AvgIpc) is 2.43. The third-order valence-corrected chi connectivity index (χ3v) is 3.23. The molecule has 1 aromatic carbocycles. The lowest BCUT2D eigenvalue weighted by atomic mass is 10.1. The van der Waals surface area contributed by atoms with Crippen LogP contribution in [0.3, 0.4) is 0 Å². The van der Waals surface area contributed by atoms with Gasteiger partial charge in [0.1, 0.15) is 5.82 Å². The smallest absolute Gasteiger partial charge is 0.305 e. The van der Waals surface area contributed by atoms with E-state index < -0.39 is 5.97 Å². The van der Waals surface area contributed by atoms with Gasteiger partial charge in [0.15, 0.2) is 0 Å². The van der Waals surface area contributed by atoms with E-state index in [0.29, 0.717) is 25.4 Å². The Labute approximate surface area is 121 Å². The lowest BCUT2D eigenvalue weighted by Crippen LogP contribution is -2.49. The first kappa shape index (κ1) is 15.4. The summed E-state index contributed by atoms with van der Waals surface area (Å²) in [6.45, 7) is 1.36. The molecule has 0 bridgehead atoms. The maximum absolute atomic E-state index is 12.8. The van der Waals surface area contributed by atoms with Crippen molar-refractivity contribution in [3.63, 3.8) is 0 Å². The maximum atomic E-state index is 12.8. The van der Waals surface area contributed by atoms with Gasteiger partial charge >= 0.3 is 5.97 Å². The molecule has 1 fully saturated rings. The number of halogens is 1. The van der Waals surface area contributed by atoms with Crippen molar-refractivity contribution in [1.29, 1.82) is 0 Å². The van der Waals surface area contributed by atoms with E-state index in [9.17, 15) is 14.0 Å². The Balaban J connectivity index is 1.90. The SMILES string of the molecule is O=C(O)CC1COCCN1CC(=O)Nc1ccc(F)cc1. The first-order valence-corrected chi connectivity index (χ1v) is 6.63. The molecule has 114 valence electrons. The number of carbonyl (C=O) groups is 2. The van der Waals surface area contributed by atoms with Crippen LogP contribution in [-0.2, 0) is 14.3 Å². The Kier molecular flexibility index (Phi) is 5.24. The summed E-state index contributed by atoms with van der Waals surface area (Å²) < 4.78 is 18.0. The molecule has 1 heterocycles. The van der Waals surface area contributed by atoms with Crippen molar-refractivity contribution in [2.24, 2.45) is 0 Å². The van der Waals surface area contributed by atoms with Crippen LogP contribution in [0.15, 0.2) is 24.3 Å². The van der Waals surface area contributed by atoms with E-state index in [4.69, 9.17) is 9.84 Å². The first-order chi connectivity index (χ1) is 10.0. The topological polar surface area (TPSA) is 78.9 Å². The van der Waals surface area contributed by atoms with E-state index in [2.05, 4.69) is 5.32 Å². The third-order valence-electron chi connectivity index (χ3n) is 3.23. The number of carboxylic acid groups (broad SMARTS) is 1. The van der Waals surface area contributed by atoms with Crippen LogP contribution in [0, 0.1) is 5.82 Å². The van der Waals surface area contributed by atoms with Crippen molar-refractivity contribution in [3.05, 3.63) is 30.1 Å². The van der Waals surface area contributed by atoms with Crippen LogP contribution >= 0.6 is 0 Å². The van der Waals surface area contributed by atoms with Gasteiger partial charge in [-0.05, 0) is 24.3 Å². The monoisotopic (exact) mass is 296 g/mol. The molecule has 1 aliphatic rings. The number of hydrogen-bond acceptors (Lipinski definition) is 4. The fourth-order valence-corrected chi connectivity index (χ4v) is 2.21. The molecule has 0 aromatic heterocycles. The number of carbonyl (C=O) groups excluding carboxylic acids is 1. The summed E-state index contributed by atoms with van der Waals surface area (Å²) >= 11 is 0. The normalized spacial score (nSPS) is 19.2. The molecular weight excluding hydrogens is 279 g/mol. The number of hydrogen-bond donors (Lipinski definition) is 2. The van der Waals surface area contributed by atoms with Gasteiger partial charge in [0, 0.05) is 18.3 Å². The molecule has 1 aliphatic heterocycles. The number of nitrogens with one attached hydrogen (secondary N) is 1. The second kappa shape index (κ2) is 7.14. The second-order valence-corrected chi connectivity index (χ2v) is 4.85. The number of rotatable bonds is 5. The van der Waals surface area contributed by atoms with Gasteiger partial charge in [0.05, 0.1) is 26.2 Å². The van der Waals surface area contributed by atoms with E-state index >= 15 is 0 Å². The van der Waals surface area contributed by atoms with Crippen molar-refractivity contribution >= 4 is 17.6 Å². The molecule has 1 aromatic rings. The fourth-order valence-electron chi connectivity index (χ4n) is 2.21. The van der Waals surface area contributed by atoms with Gasteiger partial charge in [-0.3, -0.25) is 14.5 Å². The van der Waals surface area contributed by atoms with Crippen molar-refractivity contribution < 1.29 is 23.8 Å². The zero-order valence-electron chi connectivity index (χ0n) is 11.4.